The summed E-state index contributed by atoms with van der Waals surface area (Å²) >= 11 is 1.35. The predicted molar refractivity (Wildman–Crippen MR) is 104 cm³/mol. The van der Waals surface area contributed by atoms with E-state index in [-0.39, 0.29) is 17.4 Å². The van der Waals surface area contributed by atoms with Crippen LogP contribution in [0.15, 0.2) is 23.7 Å². The maximum atomic E-state index is 13.0. The highest BCUT2D eigenvalue weighted by Gasteiger charge is 2.39. The summed E-state index contributed by atoms with van der Waals surface area (Å²) < 4.78 is 44.0. The molecule has 3 aromatic rings. The molecular weight excluding hydrogens is 407 g/mol. The number of rotatable bonds is 5. The Morgan fingerprint density at radius 2 is 2.07 bits per heavy atom. The van der Waals surface area contributed by atoms with Crippen LogP contribution in [0.3, 0.4) is 0 Å². The molecule has 1 amide bonds. The molecule has 1 unspecified atom stereocenters. The number of anilines is 2. The number of aromatic nitrogens is 3. The Kier molecular flexibility index (Phi) is 5.60. The zero-order chi connectivity index (χ0) is 21.3. The standard InChI is InChI=1S/C18H18F3N5O2S/c1-9-8-29-17-12(9)14(24-13(25-17)15(27)22-3)26(4)11-6-5-7-23-16(11)28-10(2)18(19,20)21/h5-8,10H,1-4H3,(H,22,27). The van der Waals surface area contributed by atoms with E-state index in [1.54, 1.807) is 24.1 Å². The van der Waals surface area contributed by atoms with Crippen LogP contribution in [0.2, 0.25) is 0 Å². The molecule has 0 saturated carbocycles. The maximum Gasteiger partial charge on any atom is 0.425 e. The van der Waals surface area contributed by atoms with Gasteiger partial charge in [-0.1, -0.05) is 0 Å². The lowest BCUT2D eigenvalue weighted by Gasteiger charge is -2.24. The third-order valence-electron chi connectivity index (χ3n) is 4.21. The lowest BCUT2D eigenvalue weighted by molar-refractivity contribution is -0.189. The van der Waals surface area contributed by atoms with Gasteiger partial charge in [0.25, 0.3) is 5.91 Å². The van der Waals surface area contributed by atoms with Crippen LogP contribution in [-0.2, 0) is 0 Å². The number of fused-ring (bicyclic) bond motifs is 1. The van der Waals surface area contributed by atoms with Crippen molar-refractivity contribution in [2.24, 2.45) is 0 Å². The van der Waals surface area contributed by atoms with E-state index in [4.69, 9.17) is 4.74 Å². The molecule has 0 spiro atoms. The summed E-state index contributed by atoms with van der Waals surface area (Å²) in [7, 11) is 3.08. The minimum atomic E-state index is -4.54. The van der Waals surface area contributed by atoms with E-state index in [1.807, 2.05) is 12.3 Å². The number of carbonyl (C=O) groups is 1. The van der Waals surface area contributed by atoms with Gasteiger partial charge in [0.1, 0.15) is 16.3 Å². The van der Waals surface area contributed by atoms with E-state index in [1.165, 1.54) is 24.6 Å². The molecule has 11 heteroatoms. The minimum Gasteiger partial charge on any atom is -0.463 e. The number of amides is 1. The van der Waals surface area contributed by atoms with Crippen molar-refractivity contribution in [1.82, 2.24) is 20.3 Å². The third-order valence-corrected chi connectivity index (χ3v) is 5.20. The number of alkyl halides is 3. The summed E-state index contributed by atoms with van der Waals surface area (Å²) in [5, 5.41) is 5.04. The summed E-state index contributed by atoms with van der Waals surface area (Å²) in [6.07, 6.45) is -5.23. The maximum absolute atomic E-state index is 13.0. The van der Waals surface area contributed by atoms with E-state index in [9.17, 15) is 18.0 Å². The van der Waals surface area contributed by atoms with Gasteiger partial charge in [-0.2, -0.15) is 13.2 Å². The molecule has 0 aliphatic heterocycles. The predicted octanol–water partition coefficient (Wildman–Crippen LogP) is 3.85. The monoisotopic (exact) mass is 425 g/mol. The average molecular weight is 425 g/mol. The number of halogens is 3. The van der Waals surface area contributed by atoms with Crippen molar-refractivity contribution in [3.8, 4) is 5.88 Å². The van der Waals surface area contributed by atoms with Gasteiger partial charge in [-0.15, -0.1) is 11.3 Å². The first-order valence-electron chi connectivity index (χ1n) is 8.53. The lowest BCUT2D eigenvalue weighted by atomic mass is 10.2. The molecular formula is C18H18F3N5O2S. The fourth-order valence-corrected chi connectivity index (χ4v) is 3.51. The van der Waals surface area contributed by atoms with Crippen molar-refractivity contribution in [3.05, 3.63) is 35.1 Å². The molecule has 0 aliphatic carbocycles. The van der Waals surface area contributed by atoms with Gasteiger partial charge in [-0.3, -0.25) is 4.79 Å². The zero-order valence-electron chi connectivity index (χ0n) is 16.0. The smallest absolute Gasteiger partial charge is 0.425 e. The molecule has 29 heavy (non-hydrogen) atoms. The average Bonchev–Trinajstić information content (AvgIpc) is 3.06. The minimum absolute atomic E-state index is 0.0429. The number of hydrogen-bond donors (Lipinski definition) is 1. The van der Waals surface area contributed by atoms with E-state index in [2.05, 4.69) is 20.3 Å². The second-order valence-electron chi connectivity index (χ2n) is 6.24. The first kappa shape index (κ1) is 20.8. The van der Waals surface area contributed by atoms with Crippen molar-refractivity contribution in [1.29, 1.82) is 0 Å². The van der Waals surface area contributed by atoms with Crippen LogP contribution in [0.4, 0.5) is 24.7 Å². The van der Waals surface area contributed by atoms with Crippen LogP contribution in [0, 0.1) is 6.92 Å². The second kappa shape index (κ2) is 7.82. The van der Waals surface area contributed by atoms with Gasteiger partial charge in [0.2, 0.25) is 11.7 Å². The van der Waals surface area contributed by atoms with Gasteiger partial charge in [-0.05, 0) is 36.9 Å². The number of hydrogen-bond acceptors (Lipinski definition) is 7. The number of thiophene rings is 1. The normalized spacial score (nSPS) is 12.7. The van der Waals surface area contributed by atoms with Crippen LogP contribution >= 0.6 is 11.3 Å². The molecule has 0 fully saturated rings. The van der Waals surface area contributed by atoms with Gasteiger partial charge < -0.3 is 15.0 Å². The van der Waals surface area contributed by atoms with Crippen LogP contribution in [-0.4, -0.2) is 47.2 Å². The Morgan fingerprint density at radius 1 is 1.34 bits per heavy atom. The molecule has 3 aromatic heterocycles. The van der Waals surface area contributed by atoms with Crippen LogP contribution < -0.4 is 15.0 Å². The van der Waals surface area contributed by atoms with Gasteiger partial charge in [-0.25, -0.2) is 15.0 Å². The largest absolute Gasteiger partial charge is 0.463 e. The molecule has 3 rings (SSSR count). The van der Waals surface area contributed by atoms with Crippen molar-refractivity contribution < 1.29 is 22.7 Å². The fraction of sp³-hybridized carbons (Fsp3) is 0.333. The molecule has 0 bridgehead atoms. The van der Waals surface area contributed by atoms with Gasteiger partial charge in [0.15, 0.2) is 6.10 Å². The summed E-state index contributed by atoms with van der Waals surface area (Å²) in [4.78, 5) is 26.8. The Labute approximate surface area is 168 Å². The SMILES string of the molecule is CNC(=O)c1nc(N(C)c2cccnc2OC(C)C(F)(F)F)c2c(C)csc2n1. The van der Waals surface area contributed by atoms with Gasteiger partial charge >= 0.3 is 6.18 Å². The van der Waals surface area contributed by atoms with Crippen LogP contribution in [0.25, 0.3) is 10.2 Å². The van der Waals surface area contributed by atoms with E-state index in [0.29, 0.717) is 16.0 Å². The summed E-state index contributed by atoms with van der Waals surface area (Å²) in [6.45, 7) is 2.78. The van der Waals surface area contributed by atoms with Crippen molar-refractivity contribution in [3.63, 3.8) is 0 Å². The molecule has 3 heterocycles. The molecule has 7 nitrogen and oxygen atoms in total. The molecule has 0 aromatic carbocycles. The van der Waals surface area contributed by atoms with E-state index < -0.39 is 18.2 Å². The first-order valence-corrected chi connectivity index (χ1v) is 9.41. The van der Waals surface area contributed by atoms with Crippen LogP contribution in [0.5, 0.6) is 5.88 Å². The molecule has 0 aliphatic rings. The van der Waals surface area contributed by atoms with Gasteiger partial charge in [0.05, 0.1) is 5.39 Å². The van der Waals surface area contributed by atoms with Crippen molar-refractivity contribution in [2.45, 2.75) is 26.1 Å². The summed E-state index contributed by atoms with van der Waals surface area (Å²) in [6, 6.07) is 3.15. The Balaban J connectivity index is 2.12. The number of aryl methyl sites for hydroxylation is 1. The number of nitrogens with one attached hydrogen (secondary N) is 1. The highest BCUT2D eigenvalue weighted by molar-refractivity contribution is 7.17. The topological polar surface area (TPSA) is 80.2 Å². The van der Waals surface area contributed by atoms with E-state index >= 15 is 0 Å². The highest BCUT2D eigenvalue weighted by Crippen LogP contribution is 2.38. The Hall–Kier alpha value is -2.95. The first-order chi connectivity index (χ1) is 13.6. The second-order valence-corrected chi connectivity index (χ2v) is 7.10. The van der Waals surface area contributed by atoms with E-state index in [0.717, 1.165) is 12.5 Å². The lowest BCUT2D eigenvalue weighted by Crippen LogP contribution is -2.32. The molecule has 1 atom stereocenters. The molecule has 0 saturated heterocycles. The van der Waals surface area contributed by atoms with Crippen molar-refractivity contribution in [2.75, 3.05) is 19.0 Å². The van der Waals surface area contributed by atoms with Crippen molar-refractivity contribution >= 4 is 39.0 Å². The molecule has 0 radical (unpaired) electrons. The summed E-state index contributed by atoms with van der Waals surface area (Å²) in [5.74, 6) is -0.342. The zero-order valence-corrected chi connectivity index (χ0v) is 16.9. The Bertz CT molecular complexity index is 1050. The fourth-order valence-electron chi connectivity index (χ4n) is 2.60. The molecule has 154 valence electrons. The Morgan fingerprint density at radius 3 is 2.72 bits per heavy atom. The number of carbonyl (C=O) groups excluding carboxylic acids is 1. The summed E-state index contributed by atoms with van der Waals surface area (Å²) in [5.41, 5.74) is 1.15. The number of pyridine rings is 1. The quantitative estimate of drug-likeness (QED) is 0.669. The highest BCUT2D eigenvalue weighted by atomic mass is 32.1. The number of ether oxygens (including phenoxy) is 1. The number of nitrogens with zero attached hydrogens (tertiary/aromatic N) is 4. The molecule has 1 N–H and O–H groups in total. The van der Waals surface area contributed by atoms with Crippen LogP contribution in [0.1, 0.15) is 23.1 Å². The van der Waals surface area contributed by atoms with Gasteiger partial charge in [0, 0.05) is 20.3 Å². The third kappa shape index (κ3) is 4.09.